The molecule has 28 heavy (non-hydrogen) atoms. The van der Waals surface area contributed by atoms with Crippen LogP contribution in [0.15, 0.2) is 42.5 Å². The molecule has 0 spiro atoms. The number of benzene rings is 2. The number of carbonyl (C=O) groups is 1. The number of hydrogen-bond acceptors (Lipinski definition) is 3. The molecule has 150 valence electrons. The van der Waals surface area contributed by atoms with Gasteiger partial charge in [-0.3, -0.25) is 4.79 Å². The molecule has 0 bridgehead atoms. The highest BCUT2D eigenvalue weighted by Gasteiger charge is 2.31. The number of piperidine rings is 1. The van der Waals surface area contributed by atoms with Crippen LogP contribution in [0.4, 0.5) is 5.69 Å². The van der Waals surface area contributed by atoms with Crippen molar-refractivity contribution in [1.29, 1.82) is 0 Å². The van der Waals surface area contributed by atoms with E-state index in [9.17, 15) is 13.2 Å². The second kappa shape index (κ2) is 9.01. The van der Waals surface area contributed by atoms with E-state index in [4.69, 9.17) is 34.8 Å². The molecule has 0 radical (unpaired) electrons. The minimum atomic E-state index is -3.51. The van der Waals surface area contributed by atoms with Crippen molar-refractivity contribution >= 4 is 56.4 Å². The Labute approximate surface area is 179 Å². The molecule has 1 N–H and O–H groups in total. The maximum atomic E-state index is 12.7. The molecule has 1 aliphatic heterocycles. The molecule has 0 atom stereocenters. The quantitative estimate of drug-likeness (QED) is 0.693. The second-order valence-electron chi connectivity index (χ2n) is 6.61. The average molecular weight is 462 g/mol. The monoisotopic (exact) mass is 460 g/mol. The SMILES string of the molecule is O=C(Nc1c(Cl)cccc1Cl)C1CCN(S(=O)(=O)Cc2ccccc2Cl)CC1. The fraction of sp³-hybridized carbons (Fsp3) is 0.316. The normalized spacial score (nSPS) is 16.1. The van der Waals surface area contributed by atoms with Crippen molar-refractivity contribution in [3.63, 3.8) is 0 Å². The van der Waals surface area contributed by atoms with Crippen LogP contribution in [0.1, 0.15) is 18.4 Å². The molecule has 5 nitrogen and oxygen atoms in total. The summed E-state index contributed by atoms with van der Waals surface area (Å²) in [6, 6.07) is 11.9. The molecule has 1 saturated heterocycles. The van der Waals surface area contributed by atoms with E-state index in [-0.39, 0.29) is 30.7 Å². The van der Waals surface area contributed by atoms with Crippen LogP contribution in [0.3, 0.4) is 0 Å². The molecule has 0 unspecified atom stereocenters. The molecule has 0 aromatic heterocycles. The summed E-state index contributed by atoms with van der Waals surface area (Å²) in [7, 11) is -3.51. The maximum absolute atomic E-state index is 12.7. The van der Waals surface area contributed by atoms with Gasteiger partial charge in [0.1, 0.15) is 0 Å². The Morgan fingerprint density at radius 2 is 1.54 bits per heavy atom. The van der Waals surface area contributed by atoms with Crippen LogP contribution in [0.5, 0.6) is 0 Å². The van der Waals surface area contributed by atoms with Crippen LogP contribution in [0.2, 0.25) is 15.1 Å². The van der Waals surface area contributed by atoms with Gasteiger partial charge in [0, 0.05) is 24.0 Å². The van der Waals surface area contributed by atoms with Gasteiger partial charge in [0.25, 0.3) is 0 Å². The standard InChI is InChI=1S/C19H19Cl3N2O3S/c20-15-5-2-1-4-14(15)12-28(26,27)24-10-8-13(9-11-24)19(25)23-18-16(21)6-3-7-17(18)22/h1-7,13H,8-12H2,(H,23,25). The zero-order chi connectivity index (χ0) is 20.3. The van der Waals surface area contributed by atoms with E-state index in [1.165, 1.54) is 4.31 Å². The highest BCUT2D eigenvalue weighted by atomic mass is 35.5. The molecule has 0 saturated carbocycles. The number of carbonyl (C=O) groups excluding carboxylic acids is 1. The first-order valence-electron chi connectivity index (χ1n) is 8.74. The molecule has 1 fully saturated rings. The minimum Gasteiger partial charge on any atom is -0.323 e. The van der Waals surface area contributed by atoms with Crippen LogP contribution in [-0.4, -0.2) is 31.7 Å². The molecule has 1 aliphatic rings. The maximum Gasteiger partial charge on any atom is 0.227 e. The number of amides is 1. The summed E-state index contributed by atoms with van der Waals surface area (Å²) in [5.41, 5.74) is 0.946. The van der Waals surface area contributed by atoms with Gasteiger partial charge in [-0.15, -0.1) is 0 Å². The summed E-state index contributed by atoms with van der Waals surface area (Å²) >= 11 is 18.3. The van der Waals surface area contributed by atoms with Gasteiger partial charge in [0.2, 0.25) is 15.9 Å². The zero-order valence-electron chi connectivity index (χ0n) is 14.9. The van der Waals surface area contributed by atoms with Crippen molar-refractivity contribution in [3.8, 4) is 0 Å². The van der Waals surface area contributed by atoms with Crippen LogP contribution in [0, 0.1) is 5.92 Å². The summed E-state index contributed by atoms with van der Waals surface area (Å²) in [4.78, 5) is 12.6. The van der Waals surface area contributed by atoms with Crippen molar-refractivity contribution in [3.05, 3.63) is 63.1 Å². The highest BCUT2D eigenvalue weighted by Crippen LogP contribution is 2.31. The Morgan fingerprint density at radius 3 is 2.14 bits per heavy atom. The predicted molar refractivity (Wildman–Crippen MR) is 113 cm³/mol. The lowest BCUT2D eigenvalue weighted by Crippen LogP contribution is -2.42. The van der Waals surface area contributed by atoms with E-state index in [1.807, 2.05) is 0 Å². The molecular formula is C19H19Cl3N2O3S. The fourth-order valence-electron chi connectivity index (χ4n) is 3.14. The Bertz CT molecular complexity index is 954. The van der Waals surface area contributed by atoms with Gasteiger partial charge >= 0.3 is 0 Å². The van der Waals surface area contributed by atoms with Gasteiger partial charge in [-0.1, -0.05) is 59.1 Å². The molecule has 2 aromatic rings. The number of nitrogens with one attached hydrogen (secondary N) is 1. The van der Waals surface area contributed by atoms with Gasteiger partial charge < -0.3 is 5.32 Å². The zero-order valence-corrected chi connectivity index (χ0v) is 18.0. The summed E-state index contributed by atoms with van der Waals surface area (Å²) < 4.78 is 26.8. The van der Waals surface area contributed by atoms with E-state index < -0.39 is 10.0 Å². The summed E-state index contributed by atoms with van der Waals surface area (Å²) in [6.07, 6.45) is 0.852. The van der Waals surface area contributed by atoms with Crippen molar-refractivity contribution in [2.24, 2.45) is 5.92 Å². The third kappa shape index (κ3) is 4.99. The van der Waals surface area contributed by atoms with Crippen molar-refractivity contribution < 1.29 is 13.2 Å². The number of para-hydroxylation sites is 1. The number of nitrogens with zero attached hydrogens (tertiary/aromatic N) is 1. The number of hydrogen-bond donors (Lipinski definition) is 1. The van der Waals surface area contributed by atoms with E-state index in [2.05, 4.69) is 5.32 Å². The molecule has 0 aliphatic carbocycles. The van der Waals surface area contributed by atoms with Crippen LogP contribution in [0.25, 0.3) is 0 Å². The van der Waals surface area contributed by atoms with E-state index >= 15 is 0 Å². The number of sulfonamides is 1. The first-order chi connectivity index (χ1) is 13.3. The Morgan fingerprint density at radius 1 is 0.964 bits per heavy atom. The van der Waals surface area contributed by atoms with E-state index in [1.54, 1.807) is 42.5 Å². The summed E-state index contributed by atoms with van der Waals surface area (Å²) in [5, 5.41) is 3.91. The smallest absolute Gasteiger partial charge is 0.227 e. The van der Waals surface area contributed by atoms with Gasteiger partial charge in [0.05, 0.1) is 21.5 Å². The number of anilines is 1. The lowest BCUT2D eigenvalue weighted by molar-refractivity contribution is -0.120. The minimum absolute atomic E-state index is 0.154. The number of rotatable bonds is 5. The van der Waals surface area contributed by atoms with Crippen molar-refractivity contribution in [1.82, 2.24) is 4.31 Å². The van der Waals surface area contributed by atoms with E-state index in [0.29, 0.717) is 39.2 Å². The van der Waals surface area contributed by atoms with Crippen molar-refractivity contribution in [2.75, 3.05) is 18.4 Å². The number of halogens is 3. The fourth-order valence-corrected chi connectivity index (χ4v) is 5.51. The Hall–Kier alpha value is -1.31. The summed E-state index contributed by atoms with van der Waals surface area (Å²) in [6.45, 7) is 0.558. The van der Waals surface area contributed by atoms with Crippen LogP contribution >= 0.6 is 34.8 Å². The third-order valence-electron chi connectivity index (χ3n) is 4.72. The van der Waals surface area contributed by atoms with E-state index in [0.717, 1.165) is 0 Å². The molecule has 2 aromatic carbocycles. The second-order valence-corrected chi connectivity index (χ2v) is 9.80. The predicted octanol–water partition coefficient (Wildman–Crippen LogP) is 4.83. The van der Waals surface area contributed by atoms with Crippen LogP contribution < -0.4 is 5.32 Å². The lowest BCUT2D eigenvalue weighted by Gasteiger charge is -2.30. The van der Waals surface area contributed by atoms with Gasteiger partial charge in [-0.2, -0.15) is 0 Å². The molecule has 1 heterocycles. The third-order valence-corrected chi connectivity index (χ3v) is 7.55. The Kier molecular flexibility index (Phi) is 6.89. The highest BCUT2D eigenvalue weighted by molar-refractivity contribution is 7.88. The van der Waals surface area contributed by atoms with Gasteiger partial charge in [0.15, 0.2) is 0 Å². The molecule has 3 rings (SSSR count). The first-order valence-corrected chi connectivity index (χ1v) is 11.5. The topological polar surface area (TPSA) is 66.5 Å². The van der Waals surface area contributed by atoms with Crippen LogP contribution in [-0.2, 0) is 20.6 Å². The largest absolute Gasteiger partial charge is 0.323 e. The van der Waals surface area contributed by atoms with Gasteiger partial charge in [-0.25, -0.2) is 12.7 Å². The molecule has 1 amide bonds. The Balaban J connectivity index is 1.61. The van der Waals surface area contributed by atoms with Gasteiger partial charge in [-0.05, 0) is 36.6 Å². The summed E-state index contributed by atoms with van der Waals surface area (Å²) in [5.74, 6) is -0.670. The molecular weight excluding hydrogens is 443 g/mol. The van der Waals surface area contributed by atoms with Crippen molar-refractivity contribution in [2.45, 2.75) is 18.6 Å². The first kappa shape index (κ1) is 21.4. The molecule has 9 heteroatoms. The average Bonchev–Trinajstić information content (AvgIpc) is 2.66. The lowest BCUT2D eigenvalue weighted by atomic mass is 9.97.